The molecule has 2 aliphatic rings. The molecule has 184 valence electrons. The maximum atomic E-state index is 12.7. The average molecular weight is 476 g/mol. The van der Waals surface area contributed by atoms with Crippen LogP contribution in [0.5, 0.6) is 0 Å². The van der Waals surface area contributed by atoms with Crippen molar-refractivity contribution in [1.82, 2.24) is 24.9 Å². The molecule has 3 heterocycles. The van der Waals surface area contributed by atoms with Gasteiger partial charge in [0.1, 0.15) is 11.3 Å². The number of pyridine rings is 1. The highest BCUT2D eigenvalue weighted by Crippen LogP contribution is 2.19. The number of carbonyl (C=O) groups is 2. The van der Waals surface area contributed by atoms with Gasteiger partial charge in [-0.15, -0.1) is 0 Å². The van der Waals surface area contributed by atoms with Gasteiger partial charge in [0, 0.05) is 44.6 Å². The Kier molecular flexibility index (Phi) is 7.11. The molecule has 3 aromatic rings. The first kappa shape index (κ1) is 23.5. The maximum absolute atomic E-state index is 12.7. The summed E-state index contributed by atoms with van der Waals surface area (Å²) in [5, 5.41) is 16.4. The van der Waals surface area contributed by atoms with E-state index >= 15 is 0 Å². The van der Waals surface area contributed by atoms with Crippen molar-refractivity contribution >= 4 is 17.5 Å². The van der Waals surface area contributed by atoms with Crippen LogP contribution in [0.4, 0.5) is 0 Å². The zero-order valence-corrected chi connectivity index (χ0v) is 19.9. The average Bonchev–Trinajstić information content (AvgIpc) is 3.31. The molecule has 0 saturated heterocycles. The second-order valence-electron chi connectivity index (χ2n) is 9.74. The van der Waals surface area contributed by atoms with Crippen LogP contribution in [0, 0.1) is 0 Å². The summed E-state index contributed by atoms with van der Waals surface area (Å²) in [4.78, 5) is 31.9. The molecular formula is C27H33N5O3. The number of hydrogen-bond donors (Lipinski definition) is 3. The summed E-state index contributed by atoms with van der Waals surface area (Å²) in [6.07, 6.45) is 9.24. The molecule has 3 N–H and O–H groups in total. The predicted molar refractivity (Wildman–Crippen MR) is 133 cm³/mol. The zero-order valence-electron chi connectivity index (χ0n) is 19.9. The number of amides is 2. The van der Waals surface area contributed by atoms with Gasteiger partial charge in [0.2, 0.25) is 0 Å². The van der Waals surface area contributed by atoms with Crippen LogP contribution < -0.4 is 10.6 Å². The standard InChI is InChI=1S/C27H33N5O3/c33-23(17-31-13-12-19-6-4-5-7-20(19)15-31)14-28-27(35)24-18-32-16-21(10-11-25(32)30-24)26(34)29-22-8-2-1-3-9-22/h4-7,10-11,16,18,22-23,33H,1-3,8-9,12-15,17H2,(H,28,35)(H,29,34)/t23-/m0/s1. The van der Waals surface area contributed by atoms with E-state index in [0.29, 0.717) is 17.8 Å². The lowest BCUT2D eigenvalue weighted by Crippen LogP contribution is -2.42. The maximum Gasteiger partial charge on any atom is 0.271 e. The molecule has 5 rings (SSSR count). The van der Waals surface area contributed by atoms with Gasteiger partial charge in [0.15, 0.2) is 0 Å². The molecule has 2 aromatic heterocycles. The topological polar surface area (TPSA) is 99.0 Å². The van der Waals surface area contributed by atoms with Gasteiger partial charge in [-0.05, 0) is 42.5 Å². The minimum atomic E-state index is -0.670. The lowest BCUT2D eigenvalue weighted by Gasteiger charge is -2.30. The van der Waals surface area contributed by atoms with Gasteiger partial charge in [-0.25, -0.2) is 4.98 Å². The van der Waals surface area contributed by atoms with Crippen LogP contribution in [0.3, 0.4) is 0 Å². The summed E-state index contributed by atoms with van der Waals surface area (Å²) < 4.78 is 1.70. The number of aliphatic hydroxyl groups is 1. The molecule has 0 bridgehead atoms. The number of nitrogens with zero attached hydrogens (tertiary/aromatic N) is 3. The largest absolute Gasteiger partial charge is 0.390 e. The highest BCUT2D eigenvalue weighted by atomic mass is 16.3. The molecule has 1 atom stereocenters. The third-order valence-corrected chi connectivity index (χ3v) is 7.06. The van der Waals surface area contributed by atoms with Crippen molar-refractivity contribution in [1.29, 1.82) is 0 Å². The van der Waals surface area contributed by atoms with Gasteiger partial charge in [-0.3, -0.25) is 14.5 Å². The van der Waals surface area contributed by atoms with Crippen LogP contribution in [0.25, 0.3) is 5.65 Å². The number of nitrogens with one attached hydrogen (secondary N) is 2. The van der Waals surface area contributed by atoms with E-state index in [1.807, 2.05) is 6.07 Å². The minimum Gasteiger partial charge on any atom is -0.390 e. The van der Waals surface area contributed by atoms with Gasteiger partial charge in [-0.2, -0.15) is 0 Å². The molecule has 1 saturated carbocycles. The van der Waals surface area contributed by atoms with E-state index in [1.54, 1.807) is 28.9 Å². The molecule has 1 aliphatic carbocycles. The third-order valence-electron chi connectivity index (χ3n) is 7.06. The number of fused-ring (bicyclic) bond motifs is 2. The van der Waals surface area contributed by atoms with E-state index in [2.05, 4.69) is 38.7 Å². The summed E-state index contributed by atoms with van der Waals surface area (Å²) >= 11 is 0. The molecule has 1 aromatic carbocycles. The summed E-state index contributed by atoms with van der Waals surface area (Å²) in [5.41, 5.74) is 4.07. The number of benzene rings is 1. The van der Waals surface area contributed by atoms with Crippen molar-refractivity contribution in [2.45, 2.75) is 57.2 Å². The van der Waals surface area contributed by atoms with Crippen LogP contribution >= 0.6 is 0 Å². The summed E-state index contributed by atoms with van der Waals surface area (Å²) in [5.74, 6) is -0.438. The fourth-order valence-corrected chi connectivity index (χ4v) is 5.12. The Morgan fingerprint density at radius 3 is 2.66 bits per heavy atom. The molecule has 0 spiro atoms. The van der Waals surface area contributed by atoms with E-state index < -0.39 is 6.10 Å². The Bertz CT molecular complexity index is 1200. The van der Waals surface area contributed by atoms with E-state index in [1.165, 1.54) is 17.5 Å². The third kappa shape index (κ3) is 5.71. The molecule has 0 unspecified atom stereocenters. The minimum absolute atomic E-state index is 0.0954. The molecular weight excluding hydrogens is 442 g/mol. The number of imidazole rings is 1. The van der Waals surface area contributed by atoms with Gasteiger partial charge in [0.05, 0.1) is 11.7 Å². The molecule has 8 heteroatoms. The molecule has 2 amide bonds. The fourth-order valence-electron chi connectivity index (χ4n) is 5.12. The van der Waals surface area contributed by atoms with E-state index in [4.69, 9.17) is 0 Å². The first-order valence-corrected chi connectivity index (χ1v) is 12.6. The number of aromatic nitrogens is 2. The van der Waals surface area contributed by atoms with Crippen molar-refractivity contribution in [3.05, 3.63) is 71.2 Å². The van der Waals surface area contributed by atoms with Crippen LogP contribution in [0.15, 0.2) is 48.8 Å². The first-order valence-electron chi connectivity index (χ1n) is 12.6. The zero-order chi connectivity index (χ0) is 24.2. The van der Waals surface area contributed by atoms with Gasteiger partial charge in [0.25, 0.3) is 11.8 Å². The van der Waals surface area contributed by atoms with E-state index in [0.717, 1.165) is 45.2 Å². The Morgan fingerprint density at radius 2 is 1.83 bits per heavy atom. The molecule has 0 radical (unpaired) electrons. The summed E-state index contributed by atoms with van der Waals surface area (Å²) in [6, 6.07) is 12.1. The van der Waals surface area contributed by atoms with Crippen molar-refractivity contribution in [2.24, 2.45) is 0 Å². The lowest BCUT2D eigenvalue weighted by atomic mass is 9.95. The van der Waals surface area contributed by atoms with Gasteiger partial charge >= 0.3 is 0 Å². The number of rotatable bonds is 7. The SMILES string of the molecule is O=C(NC1CCCCC1)c1ccc2nc(C(=O)NC[C@H](O)CN3CCc4ccccc4C3)cn2c1. The fraction of sp³-hybridized carbons (Fsp3) is 0.444. The van der Waals surface area contributed by atoms with Crippen LogP contribution in [-0.2, 0) is 13.0 Å². The van der Waals surface area contributed by atoms with Gasteiger partial charge < -0.3 is 20.1 Å². The van der Waals surface area contributed by atoms with Crippen molar-refractivity contribution in [2.75, 3.05) is 19.6 Å². The van der Waals surface area contributed by atoms with Crippen LogP contribution in [0.1, 0.15) is 64.1 Å². The smallest absolute Gasteiger partial charge is 0.271 e. The van der Waals surface area contributed by atoms with Crippen LogP contribution in [0.2, 0.25) is 0 Å². The Labute approximate surface area is 205 Å². The van der Waals surface area contributed by atoms with E-state index in [9.17, 15) is 14.7 Å². The van der Waals surface area contributed by atoms with E-state index in [-0.39, 0.29) is 30.1 Å². The summed E-state index contributed by atoms with van der Waals surface area (Å²) in [6.45, 7) is 2.36. The molecule has 8 nitrogen and oxygen atoms in total. The van der Waals surface area contributed by atoms with Crippen LogP contribution in [-0.4, -0.2) is 63.0 Å². The molecule has 1 aliphatic heterocycles. The first-order chi connectivity index (χ1) is 17.0. The number of β-amino-alcohol motifs (C(OH)–C–C–N with tert-alkyl or cyclic N) is 1. The lowest BCUT2D eigenvalue weighted by molar-refractivity contribution is 0.0838. The van der Waals surface area contributed by atoms with Crippen molar-refractivity contribution in [3.63, 3.8) is 0 Å². The second kappa shape index (κ2) is 10.6. The predicted octanol–water partition coefficient (Wildman–Crippen LogP) is 2.55. The summed E-state index contributed by atoms with van der Waals surface area (Å²) in [7, 11) is 0. The highest BCUT2D eigenvalue weighted by Gasteiger charge is 2.20. The van der Waals surface area contributed by atoms with Crippen molar-refractivity contribution in [3.8, 4) is 0 Å². The Balaban J connectivity index is 1.14. The normalized spacial score (nSPS) is 17.6. The number of hydrogen-bond acceptors (Lipinski definition) is 5. The molecule has 35 heavy (non-hydrogen) atoms. The number of aliphatic hydroxyl groups excluding tert-OH is 1. The Morgan fingerprint density at radius 1 is 1.03 bits per heavy atom. The quantitative estimate of drug-likeness (QED) is 0.488. The Hall–Kier alpha value is -3.23. The van der Waals surface area contributed by atoms with Gasteiger partial charge in [-0.1, -0.05) is 43.5 Å². The molecule has 1 fully saturated rings. The number of carbonyl (C=O) groups excluding carboxylic acids is 2. The highest BCUT2D eigenvalue weighted by molar-refractivity contribution is 5.95. The van der Waals surface area contributed by atoms with Crippen molar-refractivity contribution < 1.29 is 14.7 Å². The monoisotopic (exact) mass is 475 g/mol. The second-order valence-corrected chi connectivity index (χ2v) is 9.74.